The molecule has 0 bridgehead atoms. The fourth-order valence-corrected chi connectivity index (χ4v) is 5.01. The average Bonchev–Trinajstić information content (AvgIpc) is 3.63. The summed E-state index contributed by atoms with van der Waals surface area (Å²) >= 11 is 0. The van der Waals surface area contributed by atoms with Gasteiger partial charge in [0.15, 0.2) is 11.6 Å². The molecule has 10 heteroatoms. The van der Waals surface area contributed by atoms with Crippen molar-refractivity contribution in [2.75, 3.05) is 5.32 Å². The summed E-state index contributed by atoms with van der Waals surface area (Å²) in [4.78, 5) is 29.0. The van der Waals surface area contributed by atoms with Gasteiger partial charge in [0.2, 0.25) is 5.91 Å². The Balaban J connectivity index is 1.25. The van der Waals surface area contributed by atoms with Gasteiger partial charge in [0.1, 0.15) is 17.2 Å². The Morgan fingerprint density at radius 2 is 1.69 bits per heavy atom. The average molecular weight is 558 g/mol. The number of amides is 1. The second kappa shape index (κ2) is 10.3. The smallest absolute Gasteiger partial charge is 0.228 e. The van der Waals surface area contributed by atoms with Crippen molar-refractivity contribution in [2.24, 2.45) is 0 Å². The second-order valence-corrected chi connectivity index (χ2v) is 9.75. The molecular formula is C32H21F2N7O. The molecule has 8 nitrogen and oxygen atoms in total. The summed E-state index contributed by atoms with van der Waals surface area (Å²) in [6, 6.07) is 22.8. The number of aromatic nitrogens is 6. The largest absolute Gasteiger partial charge is 0.337 e. The highest BCUT2D eigenvalue weighted by molar-refractivity contribution is 5.98. The molecule has 3 N–H and O–H groups in total. The van der Waals surface area contributed by atoms with E-state index in [9.17, 15) is 9.18 Å². The molecule has 204 valence electrons. The standard InChI is InChI=1S/C32H21F2N7O/c33-21-9-4-8-19(13-21)23-10-5-11-24-30(23)39-32(38-24)31-27-25(40-41-31)17-36-29(28(27)34)20-14-22(16-35-15-20)37-26(42)12-18-6-2-1-3-7-18/h1-11,13-17H,12H2,(H,37,42)(H,38,39)(H,40,41). The number of fused-ring (bicyclic) bond motifs is 2. The molecule has 0 saturated carbocycles. The molecule has 0 radical (unpaired) electrons. The number of halogens is 2. The van der Waals surface area contributed by atoms with Crippen LogP contribution < -0.4 is 5.32 Å². The molecule has 1 amide bonds. The van der Waals surface area contributed by atoms with Crippen LogP contribution in [0.25, 0.3) is 55.8 Å². The lowest BCUT2D eigenvalue weighted by Crippen LogP contribution is -2.14. The zero-order chi connectivity index (χ0) is 28.6. The predicted molar refractivity (Wildman–Crippen MR) is 156 cm³/mol. The summed E-state index contributed by atoms with van der Waals surface area (Å²) in [6.07, 6.45) is 4.67. The van der Waals surface area contributed by atoms with Crippen LogP contribution in [0.4, 0.5) is 14.5 Å². The minimum atomic E-state index is -0.614. The van der Waals surface area contributed by atoms with Gasteiger partial charge in [0.05, 0.1) is 46.4 Å². The number of anilines is 1. The molecule has 0 aliphatic carbocycles. The van der Waals surface area contributed by atoms with E-state index in [2.05, 4.69) is 30.5 Å². The minimum absolute atomic E-state index is 0.0494. The van der Waals surface area contributed by atoms with Gasteiger partial charge in [-0.15, -0.1) is 0 Å². The van der Waals surface area contributed by atoms with Crippen LogP contribution >= 0.6 is 0 Å². The van der Waals surface area contributed by atoms with E-state index in [-0.39, 0.29) is 34.9 Å². The molecule has 7 rings (SSSR count). The van der Waals surface area contributed by atoms with Gasteiger partial charge in [-0.25, -0.2) is 13.8 Å². The number of imidazole rings is 1. The third-order valence-corrected chi connectivity index (χ3v) is 6.92. The lowest BCUT2D eigenvalue weighted by atomic mass is 10.0. The number of carbonyl (C=O) groups is 1. The maximum atomic E-state index is 16.1. The number of H-pyrrole nitrogens is 2. The summed E-state index contributed by atoms with van der Waals surface area (Å²) in [7, 11) is 0. The van der Waals surface area contributed by atoms with Crippen LogP contribution in [0.3, 0.4) is 0 Å². The molecule has 0 saturated heterocycles. The van der Waals surface area contributed by atoms with E-state index in [1.54, 1.807) is 18.2 Å². The van der Waals surface area contributed by atoms with Crippen LogP contribution in [0.15, 0.2) is 97.5 Å². The summed E-state index contributed by atoms with van der Waals surface area (Å²) < 4.78 is 30.1. The maximum absolute atomic E-state index is 16.1. The molecule has 0 spiro atoms. The molecule has 0 atom stereocenters. The van der Waals surface area contributed by atoms with Gasteiger partial charge in [-0.3, -0.25) is 19.9 Å². The first-order valence-electron chi connectivity index (χ1n) is 13.1. The fraction of sp³-hybridized carbons (Fsp3) is 0.0312. The quantitative estimate of drug-likeness (QED) is 0.211. The van der Waals surface area contributed by atoms with Crippen LogP contribution in [-0.2, 0) is 11.2 Å². The Labute approximate surface area is 237 Å². The molecule has 0 aliphatic heterocycles. The number of aromatic amines is 2. The number of carbonyl (C=O) groups excluding carboxylic acids is 1. The van der Waals surface area contributed by atoms with Crippen molar-refractivity contribution in [3.8, 4) is 33.9 Å². The van der Waals surface area contributed by atoms with Crippen LogP contribution in [0.2, 0.25) is 0 Å². The van der Waals surface area contributed by atoms with Crippen molar-refractivity contribution in [1.82, 2.24) is 30.1 Å². The first kappa shape index (κ1) is 25.2. The number of nitrogens with one attached hydrogen (secondary N) is 3. The zero-order valence-corrected chi connectivity index (χ0v) is 21.9. The Bertz CT molecular complexity index is 2100. The SMILES string of the molecule is O=C(Cc1ccccc1)Nc1cncc(-c2ncc3[nH]nc(-c4nc5c(-c6cccc(F)c6)cccc5[nH]4)c3c2F)c1. The molecule has 4 aromatic heterocycles. The molecule has 7 aromatic rings. The summed E-state index contributed by atoms with van der Waals surface area (Å²) in [5, 5.41) is 10.2. The predicted octanol–water partition coefficient (Wildman–Crippen LogP) is 6.69. The highest BCUT2D eigenvalue weighted by atomic mass is 19.1. The van der Waals surface area contributed by atoms with E-state index in [4.69, 9.17) is 4.98 Å². The molecule has 42 heavy (non-hydrogen) atoms. The fourth-order valence-electron chi connectivity index (χ4n) is 5.01. The summed E-state index contributed by atoms with van der Waals surface area (Å²) in [5.74, 6) is -0.841. The molecule has 0 fully saturated rings. The zero-order valence-electron chi connectivity index (χ0n) is 21.9. The molecular weight excluding hydrogens is 536 g/mol. The second-order valence-electron chi connectivity index (χ2n) is 9.75. The van der Waals surface area contributed by atoms with E-state index in [1.807, 2.05) is 48.5 Å². The number of hydrogen-bond acceptors (Lipinski definition) is 5. The third kappa shape index (κ3) is 4.64. The first-order chi connectivity index (χ1) is 20.5. The van der Waals surface area contributed by atoms with E-state index < -0.39 is 5.82 Å². The van der Waals surface area contributed by atoms with Gasteiger partial charge in [-0.05, 0) is 35.4 Å². The monoisotopic (exact) mass is 557 g/mol. The van der Waals surface area contributed by atoms with Crippen molar-refractivity contribution in [2.45, 2.75) is 6.42 Å². The summed E-state index contributed by atoms with van der Waals surface area (Å²) in [5.41, 5.74) is 5.09. The van der Waals surface area contributed by atoms with Crippen molar-refractivity contribution in [3.63, 3.8) is 0 Å². The van der Waals surface area contributed by atoms with E-state index in [0.717, 1.165) is 11.1 Å². The molecule has 3 aromatic carbocycles. The number of pyridine rings is 2. The molecule has 0 unspecified atom stereocenters. The van der Waals surface area contributed by atoms with Gasteiger partial charge in [0, 0.05) is 17.3 Å². The Morgan fingerprint density at radius 3 is 2.55 bits per heavy atom. The van der Waals surface area contributed by atoms with Crippen LogP contribution in [-0.4, -0.2) is 36.0 Å². The van der Waals surface area contributed by atoms with Gasteiger partial charge in [-0.1, -0.05) is 54.6 Å². The van der Waals surface area contributed by atoms with E-state index >= 15 is 4.39 Å². The molecule has 0 aliphatic rings. The number of nitrogens with zero attached hydrogens (tertiary/aromatic N) is 4. The number of hydrogen-bond donors (Lipinski definition) is 3. The van der Waals surface area contributed by atoms with Gasteiger partial charge >= 0.3 is 0 Å². The normalized spacial score (nSPS) is 11.3. The third-order valence-electron chi connectivity index (χ3n) is 6.92. The van der Waals surface area contributed by atoms with Crippen molar-refractivity contribution < 1.29 is 13.6 Å². The van der Waals surface area contributed by atoms with Gasteiger partial charge in [0.25, 0.3) is 0 Å². The topological polar surface area (TPSA) is 112 Å². The van der Waals surface area contributed by atoms with Crippen molar-refractivity contribution in [1.29, 1.82) is 0 Å². The Morgan fingerprint density at radius 1 is 0.833 bits per heavy atom. The lowest BCUT2D eigenvalue weighted by molar-refractivity contribution is -0.115. The van der Waals surface area contributed by atoms with Crippen LogP contribution in [0.5, 0.6) is 0 Å². The van der Waals surface area contributed by atoms with Crippen LogP contribution in [0, 0.1) is 11.6 Å². The minimum Gasteiger partial charge on any atom is -0.337 e. The first-order valence-corrected chi connectivity index (χ1v) is 13.1. The Hall–Kier alpha value is -5.77. The lowest BCUT2D eigenvalue weighted by Gasteiger charge is -2.08. The molecule has 4 heterocycles. The Kier molecular flexibility index (Phi) is 6.20. The number of rotatable bonds is 6. The van der Waals surface area contributed by atoms with Gasteiger partial charge in [-0.2, -0.15) is 5.10 Å². The maximum Gasteiger partial charge on any atom is 0.228 e. The van der Waals surface area contributed by atoms with E-state index in [0.29, 0.717) is 39.2 Å². The van der Waals surface area contributed by atoms with Gasteiger partial charge < -0.3 is 10.3 Å². The number of benzene rings is 3. The van der Waals surface area contributed by atoms with E-state index in [1.165, 1.54) is 30.7 Å². The highest BCUT2D eigenvalue weighted by Crippen LogP contribution is 2.35. The van der Waals surface area contributed by atoms with Crippen LogP contribution in [0.1, 0.15) is 5.56 Å². The van der Waals surface area contributed by atoms with Crippen molar-refractivity contribution in [3.05, 3.63) is 115 Å². The van der Waals surface area contributed by atoms with Crippen molar-refractivity contribution >= 4 is 33.5 Å². The number of para-hydroxylation sites is 1. The highest BCUT2D eigenvalue weighted by Gasteiger charge is 2.21. The summed E-state index contributed by atoms with van der Waals surface area (Å²) in [6.45, 7) is 0.